The number of nitriles is 1. The summed E-state index contributed by atoms with van der Waals surface area (Å²) in [5.74, 6) is 0.0451. The minimum Gasteiger partial charge on any atom is -0.411 e. The van der Waals surface area contributed by atoms with Crippen molar-refractivity contribution >= 4 is 7.12 Å². The van der Waals surface area contributed by atoms with Gasteiger partial charge < -0.3 is 9.31 Å². The number of rotatable bonds is 9. The Morgan fingerprint density at radius 1 is 1.13 bits per heavy atom. The lowest BCUT2D eigenvalue weighted by Gasteiger charge is -2.15. The van der Waals surface area contributed by atoms with E-state index in [-0.39, 0.29) is 13.0 Å². The Kier molecular flexibility index (Phi) is 9.66. The molecule has 0 saturated heterocycles. The van der Waals surface area contributed by atoms with Gasteiger partial charge in [-0.3, -0.25) is 0 Å². The van der Waals surface area contributed by atoms with Crippen LogP contribution in [0.15, 0.2) is 0 Å². The highest BCUT2D eigenvalue weighted by Gasteiger charge is 2.22. The molecule has 0 aromatic heterocycles. The molecule has 0 fully saturated rings. The van der Waals surface area contributed by atoms with Gasteiger partial charge in [0.1, 0.15) is 0 Å². The maximum Gasteiger partial charge on any atom is 0.458 e. The molecule has 0 aliphatic rings. The van der Waals surface area contributed by atoms with Gasteiger partial charge in [-0.2, -0.15) is 5.26 Å². The molecule has 0 radical (unpaired) electrons. The number of hydrogen-bond donors (Lipinski definition) is 0. The molecule has 0 spiro atoms. The monoisotopic (exact) mass is 211 g/mol. The summed E-state index contributed by atoms with van der Waals surface area (Å²) in [6, 6.07) is 2.28. The molecule has 0 aliphatic carbocycles. The zero-order chi connectivity index (χ0) is 11.5. The summed E-state index contributed by atoms with van der Waals surface area (Å²) in [7, 11) is -0.200. The van der Waals surface area contributed by atoms with E-state index in [1.807, 2.05) is 6.92 Å². The molecular weight excluding hydrogens is 189 g/mol. The van der Waals surface area contributed by atoms with Crippen molar-refractivity contribution in [3.05, 3.63) is 0 Å². The zero-order valence-corrected chi connectivity index (χ0v) is 10.2. The molecule has 3 nitrogen and oxygen atoms in total. The van der Waals surface area contributed by atoms with Crippen molar-refractivity contribution in [2.45, 2.75) is 46.4 Å². The van der Waals surface area contributed by atoms with Gasteiger partial charge in [0, 0.05) is 19.1 Å². The van der Waals surface area contributed by atoms with Crippen LogP contribution >= 0.6 is 0 Å². The van der Waals surface area contributed by atoms with Crippen molar-refractivity contribution in [1.29, 1.82) is 5.26 Å². The topological polar surface area (TPSA) is 42.2 Å². The highest BCUT2D eigenvalue weighted by Crippen LogP contribution is 2.12. The molecule has 0 heterocycles. The van der Waals surface area contributed by atoms with Crippen molar-refractivity contribution in [3.63, 3.8) is 0 Å². The average molecular weight is 211 g/mol. The lowest BCUT2D eigenvalue weighted by atomic mass is 9.76. The van der Waals surface area contributed by atoms with Gasteiger partial charge in [0.25, 0.3) is 0 Å². The van der Waals surface area contributed by atoms with Crippen LogP contribution in [0.5, 0.6) is 0 Å². The van der Waals surface area contributed by atoms with E-state index in [0.717, 1.165) is 19.3 Å². The van der Waals surface area contributed by atoms with Crippen LogP contribution < -0.4 is 0 Å². The van der Waals surface area contributed by atoms with Crippen LogP contribution in [0.25, 0.3) is 0 Å². The minimum atomic E-state index is -0.200. The second-order valence-corrected chi connectivity index (χ2v) is 3.64. The SMILES string of the molecule is CCCOB(CC(C#N)CC)OCCC. The Balaban J connectivity index is 3.92. The van der Waals surface area contributed by atoms with Gasteiger partial charge in [0.15, 0.2) is 0 Å². The molecule has 0 aromatic carbocycles. The van der Waals surface area contributed by atoms with Gasteiger partial charge in [-0.1, -0.05) is 20.8 Å². The first kappa shape index (κ1) is 14.5. The summed E-state index contributed by atoms with van der Waals surface area (Å²) in [6.07, 6.45) is 3.51. The quantitative estimate of drug-likeness (QED) is 0.550. The molecule has 1 atom stereocenters. The molecule has 0 aliphatic heterocycles. The Morgan fingerprint density at radius 3 is 2.00 bits per heavy atom. The van der Waals surface area contributed by atoms with E-state index in [0.29, 0.717) is 19.5 Å². The third-order valence-corrected chi connectivity index (χ3v) is 2.17. The standard InChI is InChI=1S/C11H22BNO2/c1-4-7-14-12(15-8-5-2)9-11(6-3)10-13/h11H,4-9H2,1-3H3. The molecule has 0 amide bonds. The van der Waals surface area contributed by atoms with Gasteiger partial charge in [-0.25, -0.2) is 0 Å². The van der Waals surface area contributed by atoms with Gasteiger partial charge in [0.05, 0.1) is 6.07 Å². The molecule has 0 saturated carbocycles. The molecule has 1 unspecified atom stereocenters. The zero-order valence-electron chi connectivity index (χ0n) is 10.2. The maximum absolute atomic E-state index is 8.86. The normalized spacial score (nSPS) is 12.1. The summed E-state index contributed by atoms with van der Waals surface area (Å²) in [4.78, 5) is 0. The summed E-state index contributed by atoms with van der Waals surface area (Å²) in [5, 5.41) is 8.86. The first-order valence-corrected chi connectivity index (χ1v) is 5.91. The summed E-state index contributed by atoms with van der Waals surface area (Å²) in [5.41, 5.74) is 0. The molecule has 0 rings (SSSR count). The Bertz CT molecular complexity index is 174. The predicted octanol–water partition coefficient (Wildman–Crippen LogP) is 2.88. The summed E-state index contributed by atoms with van der Waals surface area (Å²) in [6.45, 7) is 7.56. The molecule has 86 valence electrons. The first-order valence-electron chi connectivity index (χ1n) is 5.91. The van der Waals surface area contributed by atoms with Crippen molar-refractivity contribution in [2.75, 3.05) is 13.2 Å². The van der Waals surface area contributed by atoms with Crippen LogP contribution in [0.2, 0.25) is 6.32 Å². The van der Waals surface area contributed by atoms with E-state index in [4.69, 9.17) is 14.6 Å². The highest BCUT2D eigenvalue weighted by atomic mass is 16.6. The van der Waals surface area contributed by atoms with E-state index in [2.05, 4.69) is 19.9 Å². The Morgan fingerprint density at radius 2 is 1.67 bits per heavy atom. The van der Waals surface area contributed by atoms with Crippen LogP contribution in [-0.2, 0) is 9.31 Å². The second kappa shape index (κ2) is 10.0. The van der Waals surface area contributed by atoms with Crippen LogP contribution in [0.3, 0.4) is 0 Å². The highest BCUT2D eigenvalue weighted by molar-refractivity contribution is 6.44. The van der Waals surface area contributed by atoms with E-state index in [9.17, 15) is 0 Å². The second-order valence-electron chi connectivity index (χ2n) is 3.64. The Labute approximate surface area is 93.9 Å². The third kappa shape index (κ3) is 7.41. The van der Waals surface area contributed by atoms with Gasteiger partial charge in [-0.15, -0.1) is 0 Å². The van der Waals surface area contributed by atoms with Crippen LogP contribution in [0.1, 0.15) is 40.0 Å². The fourth-order valence-corrected chi connectivity index (χ4v) is 1.23. The fraction of sp³-hybridized carbons (Fsp3) is 0.909. The molecule has 0 N–H and O–H groups in total. The van der Waals surface area contributed by atoms with Crippen molar-refractivity contribution in [1.82, 2.24) is 0 Å². The predicted molar refractivity (Wildman–Crippen MR) is 62.4 cm³/mol. The van der Waals surface area contributed by atoms with Crippen LogP contribution in [-0.4, -0.2) is 20.3 Å². The van der Waals surface area contributed by atoms with E-state index < -0.39 is 0 Å². The Hall–Kier alpha value is -0.525. The summed E-state index contributed by atoms with van der Waals surface area (Å²) < 4.78 is 11.1. The molecule has 0 bridgehead atoms. The number of hydrogen-bond acceptors (Lipinski definition) is 3. The van der Waals surface area contributed by atoms with Gasteiger partial charge >= 0.3 is 7.12 Å². The van der Waals surface area contributed by atoms with Crippen molar-refractivity contribution in [2.24, 2.45) is 5.92 Å². The van der Waals surface area contributed by atoms with E-state index in [1.165, 1.54) is 0 Å². The van der Waals surface area contributed by atoms with Crippen molar-refractivity contribution < 1.29 is 9.31 Å². The first-order chi connectivity index (χ1) is 7.28. The largest absolute Gasteiger partial charge is 0.458 e. The summed E-state index contributed by atoms with van der Waals surface area (Å²) >= 11 is 0. The minimum absolute atomic E-state index is 0.0451. The average Bonchev–Trinajstić information content (AvgIpc) is 2.28. The molecule has 0 aromatic rings. The van der Waals surface area contributed by atoms with E-state index >= 15 is 0 Å². The third-order valence-electron chi connectivity index (χ3n) is 2.17. The van der Waals surface area contributed by atoms with Crippen molar-refractivity contribution in [3.8, 4) is 6.07 Å². The van der Waals surface area contributed by atoms with Gasteiger partial charge in [-0.05, 0) is 25.6 Å². The lowest BCUT2D eigenvalue weighted by Crippen LogP contribution is -2.26. The smallest absolute Gasteiger partial charge is 0.411 e. The van der Waals surface area contributed by atoms with Crippen LogP contribution in [0.4, 0.5) is 0 Å². The van der Waals surface area contributed by atoms with Gasteiger partial charge in [0.2, 0.25) is 0 Å². The van der Waals surface area contributed by atoms with Crippen LogP contribution in [0, 0.1) is 17.2 Å². The van der Waals surface area contributed by atoms with E-state index in [1.54, 1.807) is 0 Å². The molecule has 15 heavy (non-hydrogen) atoms. The molecule has 4 heteroatoms. The molecular formula is C11H22BNO2. The maximum atomic E-state index is 8.86. The number of nitrogens with zero attached hydrogens (tertiary/aromatic N) is 1. The fourth-order valence-electron chi connectivity index (χ4n) is 1.23. The lowest BCUT2D eigenvalue weighted by molar-refractivity contribution is 0.193.